The lowest BCUT2D eigenvalue weighted by Crippen LogP contribution is -2.54. The van der Waals surface area contributed by atoms with Gasteiger partial charge in [-0.3, -0.25) is 9.59 Å². The van der Waals surface area contributed by atoms with Crippen LogP contribution < -0.4 is 5.32 Å². The smallest absolute Gasteiger partial charge is 0.251 e. The fourth-order valence-corrected chi connectivity index (χ4v) is 2.82. The zero-order valence-corrected chi connectivity index (χ0v) is 14.2. The van der Waals surface area contributed by atoms with E-state index in [1.807, 2.05) is 13.8 Å². The van der Waals surface area contributed by atoms with Crippen molar-refractivity contribution in [2.24, 2.45) is 5.92 Å². The molecule has 2 rings (SSSR count). The molecule has 1 aromatic rings. The standard InChI is InChI=1S/C17H23ClN2O3/c1-11(2)15(17(23)20-9-3-4-14(21)10-20)19-16(22)12-5-7-13(18)8-6-12/h5-8,11,14-15,21H,3-4,9-10H2,1-2H3,(H,19,22)/t14-,15+/m0/s1. The fourth-order valence-electron chi connectivity index (χ4n) is 2.69. The predicted octanol–water partition coefficient (Wildman–Crippen LogP) is 2.08. The molecule has 2 atom stereocenters. The summed E-state index contributed by atoms with van der Waals surface area (Å²) in [4.78, 5) is 26.7. The normalized spacial score (nSPS) is 19.5. The number of aliphatic hydroxyl groups is 1. The van der Waals surface area contributed by atoms with Crippen LogP contribution >= 0.6 is 11.6 Å². The van der Waals surface area contributed by atoms with Crippen molar-refractivity contribution in [3.05, 3.63) is 34.9 Å². The molecule has 0 bridgehead atoms. The molecule has 23 heavy (non-hydrogen) atoms. The minimum Gasteiger partial charge on any atom is -0.391 e. The minimum atomic E-state index is -0.608. The summed E-state index contributed by atoms with van der Waals surface area (Å²) in [5.74, 6) is -0.481. The van der Waals surface area contributed by atoms with E-state index in [9.17, 15) is 14.7 Å². The number of nitrogens with zero attached hydrogens (tertiary/aromatic N) is 1. The number of nitrogens with one attached hydrogen (secondary N) is 1. The largest absolute Gasteiger partial charge is 0.391 e. The Kier molecular flexibility index (Phi) is 6.02. The van der Waals surface area contributed by atoms with Crippen LogP contribution in [0, 0.1) is 5.92 Å². The molecule has 1 aromatic carbocycles. The number of likely N-dealkylation sites (tertiary alicyclic amines) is 1. The first kappa shape index (κ1) is 17.8. The monoisotopic (exact) mass is 338 g/mol. The number of carbonyl (C=O) groups excluding carboxylic acids is 2. The topological polar surface area (TPSA) is 69.6 Å². The van der Waals surface area contributed by atoms with E-state index in [1.54, 1.807) is 29.2 Å². The lowest BCUT2D eigenvalue weighted by atomic mass is 10.00. The average Bonchev–Trinajstić information content (AvgIpc) is 2.52. The molecule has 5 nitrogen and oxygen atoms in total. The lowest BCUT2D eigenvalue weighted by Gasteiger charge is -2.34. The highest BCUT2D eigenvalue weighted by Gasteiger charge is 2.31. The van der Waals surface area contributed by atoms with Crippen LogP contribution in [0.25, 0.3) is 0 Å². The number of halogens is 1. The molecule has 6 heteroatoms. The number of hydrogen-bond acceptors (Lipinski definition) is 3. The molecule has 0 aliphatic carbocycles. The number of benzene rings is 1. The Morgan fingerprint density at radius 1 is 1.30 bits per heavy atom. The van der Waals surface area contributed by atoms with E-state index < -0.39 is 12.1 Å². The molecular formula is C17H23ClN2O3. The number of hydrogen-bond donors (Lipinski definition) is 2. The number of piperidine rings is 1. The highest BCUT2D eigenvalue weighted by molar-refractivity contribution is 6.30. The van der Waals surface area contributed by atoms with Gasteiger partial charge in [0.2, 0.25) is 5.91 Å². The summed E-state index contributed by atoms with van der Waals surface area (Å²) >= 11 is 5.82. The van der Waals surface area contributed by atoms with Crippen LogP contribution in [0.15, 0.2) is 24.3 Å². The molecule has 1 aliphatic heterocycles. The highest BCUT2D eigenvalue weighted by Crippen LogP contribution is 2.15. The van der Waals surface area contributed by atoms with E-state index in [0.717, 1.165) is 6.42 Å². The second-order valence-corrected chi connectivity index (χ2v) is 6.72. The number of carbonyl (C=O) groups is 2. The maximum absolute atomic E-state index is 12.7. The van der Waals surface area contributed by atoms with E-state index >= 15 is 0 Å². The third kappa shape index (κ3) is 4.69. The van der Waals surface area contributed by atoms with Gasteiger partial charge in [0.05, 0.1) is 6.10 Å². The third-order valence-electron chi connectivity index (χ3n) is 4.03. The molecule has 0 saturated carbocycles. The first-order valence-electron chi connectivity index (χ1n) is 7.91. The molecule has 1 heterocycles. The Hall–Kier alpha value is -1.59. The Bertz CT molecular complexity index is 559. The second-order valence-electron chi connectivity index (χ2n) is 6.28. The van der Waals surface area contributed by atoms with Gasteiger partial charge in [-0.2, -0.15) is 0 Å². The van der Waals surface area contributed by atoms with E-state index in [0.29, 0.717) is 30.1 Å². The van der Waals surface area contributed by atoms with Gasteiger partial charge in [-0.15, -0.1) is 0 Å². The van der Waals surface area contributed by atoms with Gasteiger partial charge in [0, 0.05) is 23.7 Å². The molecule has 0 radical (unpaired) electrons. The maximum Gasteiger partial charge on any atom is 0.251 e. The Balaban J connectivity index is 2.07. The molecule has 1 fully saturated rings. The van der Waals surface area contributed by atoms with Gasteiger partial charge in [-0.1, -0.05) is 25.4 Å². The maximum atomic E-state index is 12.7. The molecule has 1 saturated heterocycles. The molecule has 2 N–H and O–H groups in total. The van der Waals surface area contributed by atoms with Crippen molar-refractivity contribution in [2.75, 3.05) is 13.1 Å². The van der Waals surface area contributed by atoms with Crippen molar-refractivity contribution in [2.45, 2.75) is 38.8 Å². The van der Waals surface area contributed by atoms with Gasteiger partial charge >= 0.3 is 0 Å². The van der Waals surface area contributed by atoms with Crippen molar-refractivity contribution in [1.82, 2.24) is 10.2 Å². The average molecular weight is 339 g/mol. The van der Waals surface area contributed by atoms with Crippen LogP contribution in [0.4, 0.5) is 0 Å². The van der Waals surface area contributed by atoms with Gasteiger partial charge in [0.25, 0.3) is 5.91 Å². The Morgan fingerprint density at radius 3 is 2.52 bits per heavy atom. The van der Waals surface area contributed by atoms with Crippen molar-refractivity contribution in [1.29, 1.82) is 0 Å². The SMILES string of the molecule is CC(C)[C@@H](NC(=O)c1ccc(Cl)cc1)C(=O)N1CCC[C@H](O)C1. The van der Waals surface area contributed by atoms with Crippen LogP contribution in [0.3, 0.4) is 0 Å². The molecule has 126 valence electrons. The molecular weight excluding hydrogens is 316 g/mol. The summed E-state index contributed by atoms with van der Waals surface area (Å²) in [6.45, 7) is 4.74. The van der Waals surface area contributed by atoms with Crippen molar-refractivity contribution in [3.63, 3.8) is 0 Å². The van der Waals surface area contributed by atoms with Gasteiger partial charge in [-0.25, -0.2) is 0 Å². The third-order valence-corrected chi connectivity index (χ3v) is 4.29. The van der Waals surface area contributed by atoms with Crippen LogP contribution in [0.2, 0.25) is 5.02 Å². The van der Waals surface area contributed by atoms with Crippen LogP contribution in [0.1, 0.15) is 37.0 Å². The number of rotatable bonds is 4. The Labute approximate surface area is 141 Å². The summed E-state index contributed by atoms with van der Waals surface area (Å²) in [6, 6.07) is 5.94. The molecule has 1 aliphatic rings. The molecule has 0 aromatic heterocycles. The summed E-state index contributed by atoms with van der Waals surface area (Å²) in [6.07, 6.45) is 1.02. The van der Waals surface area contributed by atoms with Gasteiger partial charge in [-0.05, 0) is 43.0 Å². The van der Waals surface area contributed by atoms with E-state index in [4.69, 9.17) is 11.6 Å². The highest BCUT2D eigenvalue weighted by atomic mass is 35.5. The number of β-amino-alcohol motifs (C(OH)–C–C–N with tert-alkyl or cyclic N) is 1. The predicted molar refractivity (Wildman–Crippen MR) is 89.4 cm³/mol. The summed E-state index contributed by atoms with van der Waals surface area (Å²) in [5, 5.41) is 13.1. The Morgan fingerprint density at radius 2 is 1.96 bits per heavy atom. The minimum absolute atomic E-state index is 0.0437. The van der Waals surface area contributed by atoms with E-state index in [2.05, 4.69) is 5.32 Å². The quantitative estimate of drug-likeness (QED) is 0.883. The first-order chi connectivity index (χ1) is 10.9. The zero-order valence-electron chi connectivity index (χ0n) is 13.5. The molecule has 0 unspecified atom stereocenters. The first-order valence-corrected chi connectivity index (χ1v) is 8.29. The molecule has 2 amide bonds. The van der Waals surface area contributed by atoms with Crippen LogP contribution in [-0.2, 0) is 4.79 Å². The molecule has 0 spiro atoms. The summed E-state index contributed by atoms with van der Waals surface area (Å²) in [7, 11) is 0. The second kappa shape index (κ2) is 7.79. The van der Waals surface area contributed by atoms with Gasteiger partial charge in [0.15, 0.2) is 0 Å². The van der Waals surface area contributed by atoms with E-state index in [1.165, 1.54) is 0 Å². The zero-order chi connectivity index (χ0) is 17.0. The lowest BCUT2D eigenvalue weighted by molar-refractivity contribution is -0.137. The van der Waals surface area contributed by atoms with Gasteiger partial charge in [0.1, 0.15) is 6.04 Å². The fraction of sp³-hybridized carbons (Fsp3) is 0.529. The van der Waals surface area contributed by atoms with Crippen LogP contribution in [-0.4, -0.2) is 47.1 Å². The van der Waals surface area contributed by atoms with Crippen molar-refractivity contribution < 1.29 is 14.7 Å². The number of aliphatic hydroxyl groups excluding tert-OH is 1. The van der Waals surface area contributed by atoms with Gasteiger partial charge < -0.3 is 15.3 Å². The van der Waals surface area contributed by atoms with Crippen molar-refractivity contribution in [3.8, 4) is 0 Å². The van der Waals surface area contributed by atoms with E-state index in [-0.39, 0.29) is 17.7 Å². The summed E-state index contributed by atoms with van der Waals surface area (Å²) < 4.78 is 0. The van der Waals surface area contributed by atoms with Crippen molar-refractivity contribution >= 4 is 23.4 Å². The number of amides is 2. The summed E-state index contributed by atoms with van der Waals surface area (Å²) in [5.41, 5.74) is 0.464. The van der Waals surface area contributed by atoms with Crippen LogP contribution in [0.5, 0.6) is 0 Å².